The lowest BCUT2D eigenvalue weighted by Crippen LogP contribution is -2.12. The van der Waals surface area contributed by atoms with Crippen LogP contribution in [0.4, 0.5) is 0 Å². The average Bonchev–Trinajstić information content (AvgIpc) is 2.68. The number of hydrogen-bond donors (Lipinski definition) is 1. The highest BCUT2D eigenvalue weighted by Crippen LogP contribution is 2.23. The Labute approximate surface area is 105 Å². The minimum absolute atomic E-state index is 0.0241. The third-order valence-electron chi connectivity index (χ3n) is 2.49. The van der Waals surface area contributed by atoms with Crippen LogP contribution in [-0.4, -0.2) is 0 Å². The Hall–Kier alpha value is -0.830. The van der Waals surface area contributed by atoms with Gasteiger partial charge < -0.3 is 5.73 Å². The van der Waals surface area contributed by atoms with Crippen molar-refractivity contribution in [1.82, 2.24) is 0 Å². The van der Waals surface area contributed by atoms with E-state index in [1.165, 1.54) is 4.88 Å². The maximum Gasteiger partial charge on any atom is 0.0411 e. The van der Waals surface area contributed by atoms with Crippen LogP contribution in [0, 0.1) is 6.92 Å². The summed E-state index contributed by atoms with van der Waals surface area (Å²) in [6, 6.07) is 10.2. The van der Waals surface area contributed by atoms with Gasteiger partial charge in [-0.05, 0) is 41.6 Å². The third-order valence-corrected chi connectivity index (χ3v) is 3.61. The van der Waals surface area contributed by atoms with Crippen molar-refractivity contribution >= 4 is 22.9 Å². The van der Waals surface area contributed by atoms with Crippen molar-refractivity contribution in [2.45, 2.75) is 19.4 Å². The van der Waals surface area contributed by atoms with E-state index in [0.717, 1.165) is 22.6 Å². The average molecular weight is 252 g/mol. The van der Waals surface area contributed by atoms with Gasteiger partial charge in [0, 0.05) is 22.4 Å². The van der Waals surface area contributed by atoms with E-state index in [2.05, 4.69) is 23.6 Å². The molecule has 16 heavy (non-hydrogen) atoms. The Morgan fingerprint density at radius 3 is 2.81 bits per heavy atom. The second-order valence-corrected chi connectivity index (χ2v) is 5.42. The molecule has 1 unspecified atom stereocenters. The second kappa shape index (κ2) is 5.00. The van der Waals surface area contributed by atoms with E-state index < -0.39 is 0 Å². The van der Waals surface area contributed by atoms with Gasteiger partial charge in [-0.15, -0.1) is 11.3 Å². The predicted octanol–water partition coefficient (Wildman–Crippen LogP) is 3.95. The maximum absolute atomic E-state index is 6.17. The summed E-state index contributed by atoms with van der Waals surface area (Å²) in [5.41, 5.74) is 8.44. The van der Waals surface area contributed by atoms with Crippen LogP contribution in [0.15, 0.2) is 35.7 Å². The van der Waals surface area contributed by atoms with Crippen LogP contribution in [0.3, 0.4) is 0 Å². The molecule has 2 rings (SSSR count). The van der Waals surface area contributed by atoms with E-state index >= 15 is 0 Å². The van der Waals surface area contributed by atoms with Crippen LogP contribution in [0.2, 0.25) is 5.02 Å². The fraction of sp³-hybridized carbons (Fsp3) is 0.231. The zero-order valence-electron chi connectivity index (χ0n) is 9.11. The summed E-state index contributed by atoms with van der Waals surface area (Å²) in [5, 5.41) is 2.84. The van der Waals surface area contributed by atoms with Gasteiger partial charge in [0.2, 0.25) is 0 Å². The van der Waals surface area contributed by atoms with E-state index in [4.69, 9.17) is 17.3 Å². The maximum atomic E-state index is 6.17. The van der Waals surface area contributed by atoms with E-state index in [-0.39, 0.29) is 6.04 Å². The zero-order valence-corrected chi connectivity index (χ0v) is 10.7. The lowest BCUT2D eigenvalue weighted by molar-refractivity contribution is 0.729. The molecule has 0 saturated heterocycles. The fourth-order valence-electron chi connectivity index (χ4n) is 1.74. The number of rotatable bonds is 3. The number of aryl methyl sites for hydroxylation is 1. The largest absolute Gasteiger partial charge is 0.324 e. The fourth-order valence-corrected chi connectivity index (χ4v) is 2.80. The van der Waals surface area contributed by atoms with Gasteiger partial charge in [0.25, 0.3) is 0 Å². The first-order chi connectivity index (χ1) is 7.65. The molecule has 0 bridgehead atoms. The summed E-state index contributed by atoms with van der Waals surface area (Å²) in [7, 11) is 0. The van der Waals surface area contributed by atoms with Crippen LogP contribution < -0.4 is 5.73 Å². The van der Waals surface area contributed by atoms with E-state index in [1.54, 1.807) is 11.3 Å². The Morgan fingerprint density at radius 1 is 1.38 bits per heavy atom. The molecule has 1 aromatic heterocycles. The molecule has 1 heterocycles. The quantitative estimate of drug-likeness (QED) is 0.878. The Morgan fingerprint density at radius 2 is 2.19 bits per heavy atom. The minimum atomic E-state index is 0.0241. The van der Waals surface area contributed by atoms with E-state index in [9.17, 15) is 0 Å². The second-order valence-electron chi connectivity index (χ2n) is 3.95. The van der Waals surface area contributed by atoms with Crippen molar-refractivity contribution in [3.05, 3.63) is 56.7 Å². The topological polar surface area (TPSA) is 26.0 Å². The van der Waals surface area contributed by atoms with Crippen molar-refractivity contribution in [2.24, 2.45) is 5.73 Å². The number of thiophene rings is 1. The minimum Gasteiger partial charge on any atom is -0.324 e. The van der Waals surface area contributed by atoms with Crippen LogP contribution in [0.25, 0.3) is 0 Å². The zero-order chi connectivity index (χ0) is 11.5. The molecule has 0 aliphatic heterocycles. The summed E-state index contributed by atoms with van der Waals surface area (Å²) in [5.74, 6) is 0. The molecule has 0 saturated carbocycles. The van der Waals surface area contributed by atoms with Gasteiger partial charge in [0.1, 0.15) is 0 Å². The monoisotopic (exact) mass is 251 g/mol. The first-order valence-electron chi connectivity index (χ1n) is 5.20. The molecular formula is C13H14ClNS. The summed E-state index contributed by atoms with van der Waals surface area (Å²) in [6.45, 7) is 2.03. The third kappa shape index (κ3) is 2.85. The van der Waals surface area contributed by atoms with Gasteiger partial charge in [-0.2, -0.15) is 0 Å². The molecular weight excluding hydrogens is 238 g/mol. The van der Waals surface area contributed by atoms with Crippen LogP contribution in [0.5, 0.6) is 0 Å². The number of hydrogen-bond acceptors (Lipinski definition) is 2. The van der Waals surface area contributed by atoms with E-state index in [1.807, 2.05) is 19.1 Å². The van der Waals surface area contributed by atoms with Gasteiger partial charge >= 0.3 is 0 Å². The van der Waals surface area contributed by atoms with Crippen LogP contribution in [-0.2, 0) is 6.42 Å². The summed E-state index contributed by atoms with van der Waals surface area (Å²) in [4.78, 5) is 1.31. The Balaban J connectivity index is 2.17. The highest BCUT2D eigenvalue weighted by Gasteiger charge is 2.09. The van der Waals surface area contributed by atoms with Crippen molar-refractivity contribution in [2.75, 3.05) is 0 Å². The highest BCUT2D eigenvalue weighted by molar-refractivity contribution is 7.09. The molecule has 1 atom stereocenters. The molecule has 0 aliphatic carbocycles. The lowest BCUT2D eigenvalue weighted by atomic mass is 10.0. The van der Waals surface area contributed by atoms with Crippen molar-refractivity contribution in [1.29, 1.82) is 0 Å². The molecule has 0 spiro atoms. The van der Waals surface area contributed by atoms with Gasteiger partial charge in [-0.3, -0.25) is 0 Å². The molecule has 1 nitrogen and oxygen atoms in total. The van der Waals surface area contributed by atoms with Gasteiger partial charge in [0.15, 0.2) is 0 Å². The molecule has 84 valence electrons. The van der Waals surface area contributed by atoms with Gasteiger partial charge in [0.05, 0.1) is 0 Å². The molecule has 0 aliphatic rings. The number of halogens is 1. The smallest absolute Gasteiger partial charge is 0.0411 e. The van der Waals surface area contributed by atoms with Gasteiger partial charge in [-0.1, -0.05) is 23.7 Å². The lowest BCUT2D eigenvalue weighted by Gasteiger charge is -2.12. The van der Waals surface area contributed by atoms with Crippen molar-refractivity contribution in [3.63, 3.8) is 0 Å². The van der Waals surface area contributed by atoms with Crippen LogP contribution in [0.1, 0.15) is 22.0 Å². The molecule has 0 radical (unpaired) electrons. The SMILES string of the molecule is Cc1cc(Cl)cc(C(N)Cc2cccs2)c1. The predicted molar refractivity (Wildman–Crippen MR) is 71.1 cm³/mol. The van der Waals surface area contributed by atoms with E-state index in [0.29, 0.717) is 0 Å². The number of nitrogens with two attached hydrogens (primary N) is 1. The molecule has 1 aromatic carbocycles. The summed E-state index contributed by atoms with van der Waals surface area (Å²) < 4.78 is 0. The van der Waals surface area contributed by atoms with Crippen LogP contribution >= 0.6 is 22.9 Å². The first-order valence-corrected chi connectivity index (χ1v) is 6.46. The molecule has 2 aromatic rings. The Kier molecular flexibility index (Phi) is 3.64. The highest BCUT2D eigenvalue weighted by atomic mass is 35.5. The summed E-state index contributed by atoms with van der Waals surface area (Å²) in [6.07, 6.45) is 0.872. The first kappa shape index (κ1) is 11.6. The Bertz CT molecular complexity index is 445. The molecule has 3 heteroatoms. The van der Waals surface area contributed by atoms with Gasteiger partial charge in [-0.25, -0.2) is 0 Å². The molecule has 0 amide bonds. The van der Waals surface area contributed by atoms with Crippen molar-refractivity contribution in [3.8, 4) is 0 Å². The normalized spacial score (nSPS) is 12.7. The molecule has 2 N–H and O–H groups in total. The number of benzene rings is 1. The van der Waals surface area contributed by atoms with Crippen molar-refractivity contribution < 1.29 is 0 Å². The summed E-state index contributed by atoms with van der Waals surface area (Å²) >= 11 is 7.76. The molecule has 0 fully saturated rings. The standard InChI is InChI=1S/C13H14ClNS/c1-9-5-10(7-11(14)6-9)13(15)8-12-3-2-4-16-12/h2-7,13H,8,15H2,1H3.